The van der Waals surface area contributed by atoms with Gasteiger partial charge in [0.05, 0.1) is 0 Å². The highest BCUT2D eigenvalue weighted by Crippen LogP contribution is 2.49. The van der Waals surface area contributed by atoms with Gasteiger partial charge in [0.2, 0.25) is 5.91 Å². The van der Waals surface area contributed by atoms with Crippen LogP contribution in [-0.2, 0) is 16.0 Å². The number of benzene rings is 1. The molecule has 0 N–H and O–H groups in total. The van der Waals surface area contributed by atoms with Gasteiger partial charge in [-0.2, -0.15) is 0 Å². The number of hydrogen-bond donors (Lipinski definition) is 0. The van der Waals surface area contributed by atoms with E-state index in [4.69, 9.17) is 10.2 Å². The summed E-state index contributed by atoms with van der Waals surface area (Å²) in [5.41, 5.74) is 3.79. The second kappa shape index (κ2) is 10.5. The summed E-state index contributed by atoms with van der Waals surface area (Å²) in [7, 11) is 0. The first-order valence-electron chi connectivity index (χ1n) is 13.8. The van der Waals surface area contributed by atoms with Gasteiger partial charge in [0, 0.05) is 50.2 Å². The maximum atomic E-state index is 13.7. The minimum Gasteiger partial charge on any atom is -0.341 e. The molecule has 2 atom stereocenters. The zero-order chi connectivity index (χ0) is 25.8. The Morgan fingerprint density at radius 1 is 1.03 bits per heavy atom. The van der Waals surface area contributed by atoms with E-state index in [1.54, 1.807) is 6.92 Å². The van der Waals surface area contributed by atoms with Crippen LogP contribution in [0, 0.1) is 31.1 Å². The van der Waals surface area contributed by atoms with Crippen molar-refractivity contribution in [1.29, 1.82) is 0 Å². The molecule has 2 heterocycles. The number of likely N-dealkylation sites (tertiary alicyclic amines) is 1. The molecule has 0 unspecified atom stereocenters. The average Bonchev–Trinajstić information content (AvgIpc) is 3.34. The Morgan fingerprint density at radius 3 is 2.30 bits per heavy atom. The second-order valence-corrected chi connectivity index (χ2v) is 13.0. The number of halogens is 1. The Balaban J connectivity index is 0.00000320. The highest BCUT2D eigenvalue weighted by atomic mass is 35.5. The summed E-state index contributed by atoms with van der Waals surface area (Å²) >= 11 is 0. The van der Waals surface area contributed by atoms with E-state index in [0.29, 0.717) is 36.9 Å². The lowest BCUT2D eigenvalue weighted by Crippen LogP contribution is -2.29. The molecule has 0 spiro atoms. The van der Waals surface area contributed by atoms with E-state index in [1.807, 2.05) is 4.90 Å². The number of carbonyl (C=O) groups excluding carboxylic acids is 2. The molecule has 6 nitrogen and oxygen atoms in total. The number of carbonyl (C=O) groups is 2. The van der Waals surface area contributed by atoms with Gasteiger partial charge in [0.15, 0.2) is 0 Å². The van der Waals surface area contributed by atoms with Crippen LogP contribution >= 0.6 is 12.4 Å². The number of amides is 1. The lowest BCUT2D eigenvalue weighted by atomic mass is 9.68. The molecule has 1 aliphatic heterocycles. The maximum absolute atomic E-state index is 13.7. The van der Waals surface area contributed by atoms with Crippen molar-refractivity contribution in [2.45, 2.75) is 97.9 Å². The molecule has 2 saturated carbocycles. The fourth-order valence-corrected chi connectivity index (χ4v) is 6.55. The predicted octanol–water partition coefficient (Wildman–Crippen LogP) is 5.96. The topological polar surface area (TPSA) is 68.1 Å². The Kier molecular flexibility index (Phi) is 7.90. The molecule has 1 amide bonds. The lowest BCUT2D eigenvalue weighted by Gasteiger charge is -2.38. The molecule has 7 heteroatoms. The van der Waals surface area contributed by atoms with Gasteiger partial charge in [-0.3, -0.25) is 9.59 Å². The Hall–Kier alpha value is -2.21. The molecule has 5 rings (SSSR count). The van der Waals surface area contributed by atoms with Crippen LogP contribution in [-0.4, -0.2) is 44.4 Å². The van der Waals surface area contributed by atoms with E-state index in [0.717, 1.165) is 41.5 Å². The number of nitrogens with zero attached hydrogens (tertiary/aromatic N) is 4. The molecule has 202 valence electrons. The van der Waals surface area contributed by atoms with Crippen molar-refractivity contribution < 1.29 is 9.59 Å². The van der Waals surface area contributed by atoms with Crippen molar-refractivity contribution in [2.24, 2.45) is 17.3 Å². The van der Waals surface area contributed by atoms with Crippen LogP contribution in [0.25, 0.3) is 0 Å². The lowest BCUT2D eigenvalue weighted by molar-refractivity contribution is -0.128. The van der Waals surface area contributed by atoms with Crippen molar-refractivity contribution >= 4 is 24.1 Å². The Morgan fingerprint density at radius 2 is 1.70 bits per heavy atom. The van der Waals surface area contributed by atoms with Crippen molar-refractivity contribution in [3.8, 4) is 0 Å². The van der Waals surface area contributed by atoms with Gasteiger partial charge < -0.3 is 9.47 Å². The van der Waals surface area contributed by atoms with Gasteiger partial charge in [0.1, 0.15) is 17.4 Å². The average molecular weight is 527 g/mol. The minimum atomic E-state index is -0.237. The van der Waals surface area contributed by atoms with Crippen molar-refractivity contribution in [3.63, 3.8) is 0 Å². The molecule has 2 aliphatic carbocycles. The molecular formula is C30H43ClN4O2. The highest BCUT2D eigenvalue weighted by Gasteiger charge is 2.45. The number of ketones is 1. The minimum absolute atomic E-state index is 0. The predicted molar refractivity (Wildman–Crippen MR) is 148 cm³/mol. The molecule has 3 aliphatic rings. The van der Waals surface area contributed by atoms with E-state index < -0.39 is 0 Å². The van der Waals surface area contributed by atoms with Gasteiger partial charge in [-0.05, 0) is 68.4 Å². The first-order chi connectivity index (χ1) is 17.0. The second-order valence-electron chi connectivity index (χ2n) is 13.0. The number of hydrogen-bond acceptors (Lipinski definition) is 4. The fourth-order valence-electron chi connectivity index (χ4n) is 6.55. The van der Waals surface area contributed by atoms with E-state index in [9.17, 15) is 9.59 Å². The van der Waals surface area contributed by atoms with Crippen molar-refractivity contribution in [2.75, 3.05) is 13.1 Å². The van der Waals surface area contributed by atoms with Crippen LogP contribution in [0.4, 0.5) is 0 Å². The van der Waals surface area contributed by atoms with E-state index in [2.05, 4.69) is 57.4 Å². The SMILES string of the molecule is CC(=O)N1C[C@@H](C(=O)Cc2ccc(C)cc2C)[C@H](c2nnc(C3CC(CC(C)(C)C)C3)n2C2CC2)C1.Cl. The van der Waals surface area contributed by atoms with Gasteiger partial charge in [-0.25, -0.2) is 0 Å². The van der Waals surface area contributed by atoms with Crippen LogP contribution in [0.15, 0.2) is 18.2 Å². The molecule has 37 heavy (non-hydrogen) atoms. The number of Topliss-reactive ketones (excluding diaryl/α,β-unsaturated/α-hetero) is 1. The zero-order valence-corrected chi connectivity index (χ0v) is 24.1. The highest BCUT2D eigenvalue weighted by molar-refractivity contribution is 5.86. The van der Waals surface area contributed by atoms with Crippen molar-refractivity contribution in [1.82, 2.24) is 19.7 Å². The van der Waals surface area contributed by atoms with Crippen LogP contribution in [0.1, 0.15) is 106 Å². The fraction of sp³-hybridized carbons (Fsp3) is 0.667. The monoisotopic (exact) mass is 526 g/mol. The summed E-state index contributed by atoms with van der Waals surface area (Å²) in [6.07, 6.45) is 6.32. The summed E-state index contributed by atoms with van der Waals surface area (Å²) in [5, 5.41) is 9.49. The summed E-state index contributed by atoms with van der Waals surface area (Å²) in [4.78, 5) is 27.9. The number of aryl methyl sites for hydroxylation is 2. The van der Waals surface area contributed by atoms with Crippen molar-refractivity contribution in [3.05, 3.63) is 46.5 Å². The summed E-state index contributed by atoms with van der Waals surface area (Å²) in [6, 6.07) is 6.74. The van der Waals surface area contributed by atoms with E-state index >= 15 is 0 Å². The zero-order valence-electron chi connectivity index (χ0n) is 23.3. The smallest absolute Gasteiger partial charge is 0.219 e. The van der Waals surface area contributed by atoms with E-state index in [1.165, 1.54) is 24.8 Å². The van der Waals surface area contributed by atoms with Gasteiger partial charge in [-0.15, -0.1) is 22.6 Å². The van der Waals surface area contributed by atoms with Gasteiger partial charge >= 0.3 is 0 Å². The third kappa shape index (κ3) is 5.94. The van der Waals surface area contributed by atoms with Gasteiger partial charge in [-0.1, -0.05) is 44.5 Å². The summed E-state index contributed by atoms with van der Waals surface area (Å²) in [6.45, 7) is 13.8. The molecular weight excluding hydrogens is 484 g/mol. The van der Waals surface area contributed by atoms with E-state index in [-0.39, 0.29) is 35.9 Å². The largest absolute Gasteiger partial charge is 0.341 e. The Bertz CT molecular complexity index is 1160. The summed E-state index contributed by atoms with van der Waals surface area (Å²) < 4.78 is 2.39. The third-order valence-electron chi connectivity index (χ3n) is 8.54. The normalized spacial score (nSPS) is 25.5. The first kappa shape index (κ1) is 27.8. The molecule has 2 aromatic rings. The standard InChI is InChI=1S/C30H42N4O2.ClH/c1-18-7-8-22(19(2)11-18)14-27(36)25-16-33(20(3)35)17-26(25)29-32-31-28(34(29)24-9-10-24)23-12-21(13-23)15-30(4,5)6;/h7-8,11,21,23-26H,9-10,12-17H2,1-6H3;1H/t21?,23?,25-,26-;/m1./s1. The molecule has 1 aromatic carbocycles. The van der Waals surface area contributed by atoms with Crippen LogP contribution in [0.2, 0.25) is 0 Å². The molecule has 0 radical (unpaired) electrons. The van der Waals surface area contributed by atoms with Crippen LogP contribution in [0.5, 0.6) is 0 Å². The first-order valence-corrected chi connectivity index (χ1v) is 13.8. The third-order valence-corrected chi connectivity index (χ3v) is 8.54. The number of aromatic nitrogens is 3. The number of rotatable bonds is 7. The maximum Gasteiger partial charge on any atom is 0.219 e. The van der Waals surface area contributed by atoms with Gasteiger partial charge in [0.25, 0.3) is 0 Å². The van der Waals surface area contributed by atoms with Crippen LogP contribution < -0.4 is 0 Å². The molecule has 0 bridgehead atoms. The quantitative estimate of drug-likeness (QED) is 0.446. The molecule has 1 saturated heterocycles. The van der Waals surface area contributed by atoms with Crippen LogP contribution in [0.3, 0.4) is 0 Å². The summed E-state index contributed by atoms with van der Waals surface area (Å²) in [5.74, 6) is 3.20. The molecule has 1 aromatic heterocycles. The molecule has 3 fully saturated rings. The Labute approximate surface area is 228 Å².